The molecule has 1 atom stereocenters. The Morgan fingerprint density at radius 1 is 1.47 bits per heavy atom. The van der Waals surface area contributed by atoms with Crippen LogP contribution in [0.1, 0.15) is 13.3 Å². The SMILES string of the molecule is CNC(C)CCn1ncc(N2CCOCC2)cc1=O. The van der Waals surface area contributed by atoms with Crippen molar-refractivity contribution in [1.82, 2.24) is 15.1 Å². The Hall–Kier alpha value is -1.40. The smallest absolute Gasteiger partial charge is 0.268 e. The number of morpholine rings is 1. The largest absolute Gasteiger partial charge is 0.378 e. The molecule has 1 N–H and O–H groups in total. The Kier molecular flexibility index (Phi) is 4.93. The number of nitrogens with zero attached hydrogens (tertiary/aromatic N) is 3. The average Bonchev–Trinajstić information content (AvgIpc) is 2.46. The van der Waals surface area contributed by atoms with Crippen molar-refractivity contribution in [3.8, 4) is 0 Å². The highest BCUT2D eigenvalue weighted by Gasteiger charge is 2.12. The van der Waals surface area contributed by atoms with E-state index in [9.17, 15) is 4.79 Å². The number of hydrogen-bond donors (Lipinski definition) is 1. The van der Waals surface area contributed by atoms with Crippen LogP contribution in [0.4, 0.5) is 5.69 Å². The maximum atomic E-state index is 12.0. The molecule has 6 nitrogen and oxygen atoms in total. The lowest BCUT2D eigenvalue weighted by Gasteiger charge is -2.28. The topological polar surface area (TPSA) is 59.4 Å². The van der Waals surface area contributed by atoms with Gasteiger partial charge in [0.05, 0.1) is 25.1 Å². The van der Waals surface area contributed by atoms with Crippen molar-refractivity contribution < 1.29 is 4.74 Å². The van der Waals surface area contributed by atoms with Gasteiger partial charge in [0.15, 0.2) is 0 Å². The summed E-state index contributed by atoms with van der Waals surface area (Å²) in [5.41, 5.74) is 0.860. The molecule has 1 unspecified atom stereocenters. The third kappa shape index (κ3) is 3.78. The average molecular weight is 266 g/mol. The molecule has 0 radical (unpaired) electrons. The van der Waals surface area contributed by atoms with E-state index in [1.54, 1.807) is 12.3 Å². The number of rotatable bonds is 5. The predicted molar refractivity (Wildman–Crippen MR) is 74.7 cm³/mol. The molecule has 0 bridgehead atoms. The molecule has 1 aliphatic heterocycles. The van der Waals surface area contributed by atoms with Gasteiger partial charge in [0.2, 0.25) is 0 Å². The van der Waals surface area contributed by atoms with Crippen molar-refractivity contribution in [2.45, 2.75) is 25.9 Å². The molecule has 0 aliphatic carbocycles. The number of aromatic nitrogens is 2. The fourth-order valence-corrected chi connectivity index (χ4v) is 2.05. The second-order valence-corrected chi connectivity index (χ2v) is 4.85. The number of ether oxygens (including phenoxy) is 1. The molecule has 1 aromatic rings. The summed E-state index contributed by atoms with van der Waals surface area (Å²) in [5, 5.41) is 7.41. The summed E-state index contributed by atoms with van der Waals surface area (Å²) in [6, 6.07) is 2.05. The number of aryl methyl sites for hydroxylation is 1. The van der Waals surface area contributed by atoms with Crippen molar-refractivity contribution in [3.63, 3.8) is 0 Å². The molecule has 106 valence electrons. The third-order valence-electron chi connectivity index (χ3n) is 3.50. The highest BCUT2D eigenvalue weighted by molar-refractivity contribution is 5.43. The molecular weight excluding hydrogens is 244 g/mol. The minimum Gasteiger partial charge on any atom is -0.378 e. The van der Waals surface area contributed by atoms with Gasteiger partial charge in [-0.05, 0) is 20.4 Å². The van der Waals surface area contributed by atoms with Crippen LogP contribution in [0.15, 0.2) is 17.1 Å². The second kappa shape index (κ2) is 6.68. The molecule has 0 saturated carbocycles. The van der Waals surface area contributed by atoms with Crippen LogP contribution in [0, 0.1) is 0 Å². The molecule has 1 fully saturated rings. The first kappa shape index (κ1) is 14.0. The van der Waals surface area contributed by atoms with E-state index < -0.39 is 0 Å². The molecule has 6 heteroatoms. The Labute approximate surface area is 113 Å². The summed E-state index contributed by atoms with van der Waals surface area (Å²) >= 11 is 0. The Balaban J connectivity index is 2.02. The van der Waals surface area contributed by atoms with Crippen molar-refractivity contribution in [1.29, 1.82) is 0 Å². The standard InChI is InChI=1S/C13H22N4O2/c1-11(14-2)3-4-17-13(18)9-12(10-15-17)16-5-7-19-8-6-16/h9-11,14H,3-8H2,1-2H3. The van der Waals surface area contributed by atoms with E-state index >= 15 is 0 Å². The molecule has 1 aliphatic rings. The van der Waals surface area contributed by atoms with Crippen LogP contribution in [0.5, 0.6) is 0 Å². The molecule has 1 saturated heterocycles. The molecule has 0 aromatic carbocycles. The first-order valence-electron chi connectivity index (χ1n) is 6.78. The molecule has 19 heavy (non-hydrogen) atoms. The maximum Gasteiger partial charge on any atom is 0.268 e. The zero-order chi connectivity index (χ0) is 13.7. The monoisotopic (exact) mass is 266 g/mol. The Bertz CT molecular complexity index is 454. The van der Waals surface area contributed by atoms with Crippen LogP contribution in [-0.4, -0.2) is 49.2 Å². The number of hydrogen-bond acceptors (Lipinski definition) is 5. The van der Waals surface area contributed by atoms with Gasteiger partial charge < -0.3 is 15.0 Å². The summed E-state index contributed by atoms with van der Waals surface area (Å²) in [6.45, 7) is 5.80. The molecule has 2 rings (SSSR count). The van der Waals surface area contributed by atoms with E-state index in [4.69, 9.17) is 4.74 Å². The minimum absolute atomic E-state index is 0.0349. The van der Waals surface area contributed by atoms with E-state index in [0.717, 1.165) is 25.2 Å². The van der Waals surface area contributed by atoms with E-state index in [1.807, 2.05) is 7.05 Å². The molecule has 0 spiro atoms. The van der Waals surface area contributed by atoms with Gasteiger partial charge in [-0.1, -0.05) is 0 Å². The summed E-state index contributed by atoms with van der Waals surface area (Å²) in [6.07, 6.45) is 2.66. The first-order chi connectivity index (χ1) is 9.20. The quantitative estimate of drug-likeness (QED) is 0.818. The number of nitrogens with one attached hydrogen (secondary N) is 1. The van der Waals surface area contributed by atoms with Crippen molar-refractivity contribution >= 4 is 5.69 Å². The van der Waals surface area contributed by atoms with Gasteiger partial charge >= 0.3 is 0 Å². The van der Waals surface area contributed by atoms with Gasteiger partial charge in [-0.2, -0.15) is 5.10 Å². The zero-order valence-corrected chi connectivity index (χ0v) is 11.6. The Morgan fingerprint density at radius 2 is 2.21 bits per heavy atom. The van der Waals surface area contributed by atoms with E-state index in [0.29, 0.717) is 25.8 Å². The van der Waals surface area contributed by atoms with Crippen LogP contribution < -0.4 is 15.8 Å². The van der Waals surface area contributed by atoms with E-state index in [-0.39, 0.29) is 5.56 Å². The van der Waals surface area contributed by atoms with Gasteiger partial charge in [-0.3, -0.25) is 4.79 Å². The third-order valence-corrected chi connectivity index (χ3v) is 3.50. The lowest BCUT2D eigenvalue weighted by molar-refractivity contribution is 0.122. The highest BCUT2D eigenvalue weighted by Crippen LogP contribution is 2.11. The van der Waals surface area contributed by atoms with Crippen LogP contribution in [0.3, 0.4) is 0 Å². The number of anilines is 1. The van der Waals surface area contributed by atoms with Gasteiger partial charge in [0.1, 0.15) is 0 Å². The Morgan fingerprint density at radius 3 is 2.84 bits per heavy atom. The fourth-order valence-electron chi connectivity index (χ4n) is 2.05. The van der Waals surface area contributed by atoms with Crippen LogP contribution in [0.25, 0.3) is 0 Å². The molecule has 1 aromatic heterocycles. The summed E-state index contributed by atoms with van der Waals surface area (Å²) in [5.74, 6) is 0. The summed E-state index contributed by atoms with van der Waals surface area (Å²) < 4.78 is 6.83. The summed E-state index contributed by atoms with van der Waals surface area (Å²) in [4.78, 5) is 14.1. The molecule has 0 amide bonds. The van der Waals surface area contributed by atoms with Gasteiger partial charge in [-0.15, -0.1) is 0 Å². The minimum atomic E-state index is -0.0349. The van der Waals surface area contributed by atoms with Crippen molar-refractivity contribution in [3.05, 3.63) is 22.6 Å². The lowest BCUT2D eigenvalue weighted by Crippen LogP contribution is -2.37. The van der Waals surface area contributed by atoms with Crippen LogP contribution in [0.2, 0.25) is 0 Å². The van der Waals surface area contributed by atoms with E-state index in [1.165, 1.54) is 4.68 Å². The first-order valence-corrected chi connectivity index (χ1v) is 6.78. The molecule has 2 heterocycles. The zero-order valence-electron chi connectivity index (χ0n) is 11.6. The fraction of sp³-hybridized carbons (Fsp3) is 0.692. The van der Waals surface area contributed by atoms with Gasteiger partial charge in [-0.25, -0.2) is 4.68 Å². The van der Waals surface area contributed by atoms with Crippen molar-refractivity contribution in [2.24, 2.45) is 0 Å². The van der Waals surface area contributed by atoms with Crippen molar-refractivity contribution in [2.75, 3.05) is 38.3 Å². The lowest BCUT2D eigenvalue weighted by atomic mass is 10.2. The summed E-state index contributed by atoms with van der Waals surface area (Å²) in [7, 11) is 1.92. The van der Waals surface area contributed by atoms with E-state index in [2.05, 4.69) is 22.2 Å². The normalized spacial score (nSPS) is 17.5. The highest BCUT2D eigenvalue weighted by atomic mass is 16.5. The van der Waals surface area contributed by atoms with Crippen LogP contribution >= 0.6 is 0 Å². The van der Waals surface area contributed by atoms with Crippen LogP contribution in [-0.2, 0) is 11.3 Å². The maximum absolute atomic E-state index is 12.0. The predicted octanol–water partition coefficient (Wildman–Crippen LogP) is 0.0779. The molecular formula is C13H22N4O2. The second-order valence-electron chi connectivity index (χ2n) is 4.85. The van der Waals surface area contributed by atoms with Gasteiger partial charge in [0.25, 0.3) is 5.56 Å². The van der Waals surface area contributed by atoms with Gasteiger partial charge in [0, 0.05) is 31.7 Å².